The van der Waals surface area contributed by atoms with Gasteiger partial charge in [0.05, 0.1) is 0 Å². The first kappa shape index (κ1) is 16.9. The summed E-state index contributed by atoms with van der Waals surface area (Å²) < 4.78 is 0. The molecular weight excluding hydrogens is 314 g/mol. The zero-order chi connectivity index (χ0) is 17.2. The molecule has 1 aliphatic heterocycles. The highest BCUT2D eigenvalue weighted by molar-refractivity contribution is 7.15. The number of thiazole rings is 1. The second-order valence-corrected chi connectivity index (χ2v) is 8.08. The Hall–Kier alpha value is -1.94. The van der Waals surface area contributed by atoms with Gasteiger partial charge in [0.1, 0.15) is 0 Å². The van der Waals surface area contributed by atoms with E-state index in [0.717, 1.165) is 24.6 Å². The van der Waals surface area contributed by atoms with E-state index in [4.69, 9.17) is 4.98 Å². The fourth-order valence-electron chi connectivity index (χ4n) is 3.08. The van der Waals surface area contributed by atoms with Gasteiger partial charge in [0, 0.05) is 42.5 Å². The van der Waals surface area contributed by atoms with E-state index in [1.54, 1.807) is 11.3 Å². The molecule has 0 bridgehead atoms. The predicted octanol–water partition coefficient (Wildman–Crippen LogP) is 5.04. The van der Waals surface area contributed by atoms with Crippen LogP contribution in [0.5, 0.6) is 0 Å². The van der Waals surface area contributed by atoms with E-state index in [1.807, 2.05) is 30.7 Å². The van der Waals surface area contributed by atoms with Crippen LogP contribution in [-0.4, -0.2) is 23.1 Å². The number of rotatable bonds is 4. The number of nitrogens with zero attached hydrogens (tertiary/aromatic N) is 3. The molecule has 1 aliphatic rings. The Bertz CT molecular complexity index is 730. The summed E-state index contributed by atoms with van der Waals surface area (Å²) in [6.07, 6.45) is 11.0. The van der Waals surface area contributed by atoms with Crippen LogP contribution in [0.2, 0.25) is 0 Å². The molecule has 1 saturated heterocycles. The fraction of sp³-hybridized carbons (Fsp3) is 0.400. The van der Waals surface area contributed by atoms with Crippen molar-refractivity contribution in [3.63, 3.8) is 0 Å². The zero-order valence-corrected chi connectivity index (χ0v) is 15.5. The Balaban J connectivity index is 1.79. The van der Waals surface area contributed by atoms with Gasteiger partial charge in [0.15, 0.2) is 5.13 Å². The van der Waals surface area contributed by atoms with Crippen LogP contribution in [-0.2, 0) is 0 Å². The van der Waals surface area contributed by atoms with Crippen LogP contribution in [0.1, 0.15) is 43.6 Å². The molecular formula is C20H25N3S. The Kier molecular flexibility index (Phi) is 4.86. The van der Waals surface area contributed by atoms with Crippen molar-refractivity contribution in [3.05, 3.63) is 65.5 Å². The number of allylic oxidation sites excluding steroid dienone is 2. The van der Waals surface area contributed by atoms with Gasteiger partial charge in [-0.05, 0) is 29.0 Å². The molecule has 0 saturated carbocycles. The lowest BCUT2D eigenvalue weighted by Gasteiger charge is -2.39. The molecule has 0 spiro atoms. The Morgan fingerprint density at radius 2 is 2.21 bits per heavy atom. The first-order chi connectivity index (χ1) is 11.5. The standard InChI is InChI=1S/C20H25N3S/c1-5-7-17-14-23(11-9-20(17,3)4)19-22-13-18(24-19)15(2)16-8-6-10-21-12-16/h5-8,10,12-13,15H,1,9,11,14H2,2-4H3/b17-7-. The fourth-order valence-corrected chi connectivity index (χ4v) is 4.10. The molecule has 0 amide bonds. The largest absolute Gasteiger partial charge is 0.344 e. The molecule has 0 aromatic carbocycles. The highest BCUT2D eigenvalue weighted by Crippen LogP contribution is 2.39. The van der Waals surface area contributed by atoms with Crippen molar-refractivity contribution in [2.24, 2.45) is 5.41 Å². The first-order valence-electron chi connectivity index (χ1n) is 8.44. The summed E-state index contributed by atoms with van der Waals surface area (Å²) >= 11 is 1.80. The molecule has 0 aliphatic carbocycles. The summed E-state index contributed by atoms with van der Waals surface area (Å²) in [4.78, 5) is 12.6. The number of anilines is 1. The van der Waals surface area contributed by atoms with Crippen molar-refractivity contribution in [1.82, 2.24) is 9.97 Å². The van der Waals surface area contributed by atoms with E-state index in [1.165, 1.54) is 16.0 Å². The molecule has 2 aromatic heterocycles. The van der Waals surface area contributed by atoms with Gasteiger partial charge in [-0.2, -0.15) is 0 Å². The third kappa shape index (κ3) is 3.44. The smallest absolute Gasteiger partial charge is 0.185 e. The predicted molar refractivity (Wildman–Crippen MR) is 103 cm³/mol. The van der Waals surface area contributed by atoms with Crippen LogP contribution >= 0.6 is 11.3 Å². The number of aromatic nitrogens is 2. The summed E-state index contributed by atoms with van der Waals surface area (Å²) in [6, 6.07) is 4.12. The second kappa shape index (κ2) is 6.89. The van der Waals surface area contributed by atoms with Gasteiger partial charge in [-0.1, -0.05) is 45.6 Å². The minimum atomic E-state index is 0.244. The molecule has 0 N–H and O–H groups in total. The van der Waals surface area contributed by atoms with Gasteiger partial charge in [-0.25, -0.2) is 4.98 Å². The number of piperidine rings is 1. The maximum absolute atomic E-state index is 4.70. The van der Waals surface area contributed by atoms with Crippen molar-refractivity contribution >= 4 is 16.5 Å². The third-order valence-corrected chi connectivity index (χ3v) is 6.19. The normalized spacial score (nSPS) is 20.1. The van der Waals surface area contributed by atoms with Crippen LogP contribution < -0.4 is 4.90 Å². The first-order valence-corrected chi connectivity index (χ1v) is 9.25. The summed E-state index contributed by atoms with van der Waals surface area (Å²) in [5.41, 5.74) is 2.91. The zero-order valence-electron chi connectivity index (χ0n) is 14.7. The van der Waals surface area contributed by atoms with E-state index in [0.29, 0.717) is 5.92 Å². The molecule has 2 aromatic rings. The van der Waals surface area contributed by atoms with Crippen LogP contribution in [0.3, 0.4) is 0 Å². The minimum Gasteiger partial charge on any atom is -0.344 e. The maximum atomic E-state index is 4.70. The minimum absolute atomic E-state index is 0.244. The molecule has 1 unspecified atom stereocenters. The van der Waals surface area contributed by atoms with Crippen LogP contribution in [0.4, 0.5) is 5.13 Å². The Morgan fingerprint density at radius 1 is 1.38 bits per heavy atom. The average Bonchev–Trinajstić information content (AvgIpc) is 3.07. The van der Waals surface area contributed by atoms with E-state index in [9.17, 15) is 0 Å². The van der Waals surface area contributed by atoms with Gasteiger partial charge in [0.2, 0.25) is 0 Å². The van der Waals surface area contributed by atoms with Crippen LogP contribution in [0.25, 0.3) is 0 Å². The SMILES string of the molecule is C=C/C=C1/CN(c2ncc(C(C)c3cccnc3)s2)CCC1(C)C. The van der Waals surface area contributed by atoms with Gasteiger partial charge in [0.25, 0.3) is 0 Å². The molecule has 1 atom stereocenters. The lowest BCUT2D eigenvalue weighted by atomic mass is 9.78. The number of hydrogen-bond acceptors (Lipinski definition) is 4. The monoisotopic (exact) mass is 339 g/mol. The quantitative estimate of drug-likeness (QED) is 0.781. The van der Waals surface area contributed by atoms with Crippen molar-refractivity contribution < 1.29 is 0 Å². The summed E-state index contributed by atoms with van der Waals surface area (Å²) in [5, 5.41) is 1.12. The molecule has 1 fully saturated rings. The van der Waals surface area contributed by atoms with Gasteiger partial charge in [-0.3, -0.25) is 4.98 Å². The number of pyridine rings is 1. The highest BCUT2D eigenvalue weighted by atomic mass is 32.1. The lowest BCUT2D eigenvalue weighted by Crippen LogP contribution is -2.39. The molecule has 3 rings (SSSR count). The topological polar surface area (TPSA) is 29.0 Å². The summed E-state index contributed by atoms with van der Waals surface area (Å²) in [7, 11) is 0. The van der Waals surface area contributed by atoms with E-state index in [2.05, 4.69) is 49.4 Å². The molecule has 4 heteroatoms. The van der Waals surface area contributed by atoms with Gasteiger partial charge < -0.3 is 4.90 Å². The van der Waals surface area contributed by atoms with Gasteiger partial charge in [-0.15, -0.1) is 11.3 Å². The molecule has 3 nitrogen and oxygen atoms in total. The van der Waals surface area contributed by atoms with Crippen LogP contribution in [0.15, 0.2) is 55.0 Å². The van der Waals surface area contributed by atoms with Crippen molar-refractivity contribution in [2.75, 3.05) is 18.0 Å². The molecule has 3 heterocycles. The highest BCUT2D eigenvalue weighted by Gasteiger charge is 2.31. The summed E-state index contributed by atoms with van der Waals surface area (Å²) in [5.74, 6) is 0.328. The second-order valence-electron chi connectivity index (χ2n) is 7.04. The van der Waals surface area contributed by atoms with Gasteiger partial charge >= 0.3 is 0 Å². The molecule has 0 radical (unpaired) electrons. The third-order valence-electron chi connectivity index (χ3n) is 4.95. The summed E-state index contributed by atoms with van der Waals surface area (Å²) in [6.45, 7) is 12.7. The average molecular weight is 340 g/mol. The Labute approximate surface area is 148 Å². The maximum Gasteiger partial charge on any atom is 0.185 e. The van der Waals surface area contributed by atoms with Crippen molar-refractivity contribution in [1.29, 1.82) is 0 Å². The molecule has 126 valence electrons. The van der Waals surface area contributed by atoms with E-state index >= 15 is 0 Å². The van der Waals surface area contributed by atoms with Crippen LogP contribution in [0, 0.1) is 5.41 Å². The molecule has 24 heavy (non-hydrogen) atoms. The lowest BCUT2D eigenvalue weighted by molar-refractivity contribution is 0.371. The van der Waals surface area contributed by atoms with Crippen molar-refractivity contribution in [3.8, 4) is 0 Å². The van der Waals surface area contributed by atoms with Crippen molar-refractivity contribution in [2.45, 2.75) is 33.1 Å². The van der Waals surface area contributed by atoms with E-state index < -0.39 is 0 Å². The van der Waals surface area contributed by atoms with E-state index in [-0.39, 0.29) is 5.41 Å². The Morgan fingerprint density at radius 3 is 2.92 bits per heavy atom. The number of hydrogen-bond donors (Lipinski definition) is 0.